The molecule has 3 aromatic carbocycles. The van der Waals surface area contributed by atoms with Gasteiger partial charge < -0.3 is 19.8 Å². The van der Waals surface area contributed by atoms with Crippen LogP contribution in [0.5, 0.6) is 11.5 Å². The molecule has 5 rings (SSSR count). The van der Waals surface area contributed by atoms with Gasteiger partial charge in [0.05, 0.1) is 7.11 Å². The highest BCUT2D eigenvalue weighted by atomic mass is 16.5. The van der Waals surface area contributed by atoms with Gasteiger partial charge in [0.1, 0.15) is 17.5 Å². The number of aromatic nitrogens is 1. The molecule has 2 N–H and O–H groups in total. The van der Waals surface area contributed by atoms with E-state index in [4.69, 9.17) is 9.47 Å². The van der Waals surface area contributed by atoms with E-state index in [-0.39, 0.29) is 5.97 Å². The molecule has 150 valence electrons. The van der Waals surface area contributed by atoms with Crippen molar-refractivity contribution in [1.29, 1.82) is 0 Å². The summed E-state index contributed by atoms with van der Waals surface area (Å²) in [7, 11) is 1.42. The van der Waals surface area contributed by atoms with Crippen LogP contribution in [0.4, 0.5) is 5.69 Å². The van der Waals surface area contributed by atoms with Gasteiger partial charge in [0, 0.05) is 41.2 Å². The number of carbonyl (C=O) groups excluding carboxylic acids is 1. The van der Waals surface area contributed by atoms with Crippen LogP contribution in [0.15, 0.2) is 72.9 Å². The number of aromatic amines is 1. The molecule has 0 amide bonds. The van der Waals surface area contributed by atoms with E-state index in [0.29, 0.717) is 6.42 Å². The first-order chi connectivity index (χ1) is 14.7. The fraction of sp³-hybridized carbons (Fsp3) is 0.160. The number of rotatable bonds is 5. The van der Waals surface area contributed by atoms with Crippen LogP contribution in [0.25, 0.3) is 10.9 Å². The lowest BCUT2D eigenvalue weighted by molar-refractivity contribution is -0.141. The molecule has 0 fully saturated rings. The van der Waals surface area contributed by atoms with Crippen molar-refractivity contribution in [3.8, 4) is 11.5 Å². The van der Waals surface area contributed by atoms with Crippen LogP contribution in [0.3, 0.4) is 0 Å². The molecule has 0 aliphatic carbocycles. The summed E-state index contributed by atoms with van der Waals surface area (Å²) in [6, 6.07) is 21.5. The summed E-state index contributed by atoms with van der Waals surface area (Å²) in [4.78, 5) is 15.9. The Morgan fingerprint density at radius 3 is 2.77 bits per heavy atom. The maximum Gasteiger partial charge on any atom is 0.328 e. The number of fused-ring (bicyclic) bond motifs is 3. The average Bonchev–Trinajstić information content (AvgIpc) is 3.20. The van der Waals surface area contributed by atoms with Crippen molar-refractivity contribution < 1.29 is 14.3 Å². The minimum absolute atomic E-state index is 0.296. The number of ether oxygens (including phenoxy) is 2. The van der Waals surface area contributed by atoms with E-state index >= 15 is 0 Å². The summed E-state index contributed by atoms with van der Waals surface area (Å²) in [6.07, 6.45) is 3.22. The van der Waals surface area contributed by atoms with Crippen LogP contribution < -0.4 is 10.1 Å². The zero-order valence-corrected chi connectivity index (χ0v) is 16.6. The van der Waals surface area contributed by atoms with E-state index in [1.807, 2.05) is 60.8 Å². The predicted molar refractivity (Wildman–Crippen MR) is 117 cm³/mol. The molecule has 0 bridgehead atoms. The molecule has 0 saturated carbocycles. The lowest BCUT2D eigenvalue weighted by Crippen LogP contribution is -2.33. The van der Waals surface area contributed by atoms with E-state index in [1.165, 1.54) is 7.11 Å². The largest absolute Gasteiger partial charge is 0.467 e. The number of hydrogen-bond acceptors (Lipinski definition) is 4. The molecule has 0 unspecified atom stereocenters. The standard InChI is InChI=1S/C25H22N2O3/c1-29-25(28)22(14-17-15-26-20-9-4-3-8-18(17)20)27-21-10-6-12-24-19(21)13-16-7-2-5-11-23(16)30-24/h2-12,15,22,26-27H,13-14H2,1H3/t22-/m0/s1. The maximum atomic E-state index is 12.6. The molecule has 5 heteroatoms. The summed E-state index contributed by atoms with van der Waals surface area (Å²) >= 11 is 0. The zero-order valence-electron chi connectivity index (χ0n) is 16.6. The Morgan fingerprint density at radius 1 is 1.07 bits per heavy atom. The first-order valence-electron chi connectivity index (χ1n) is 10.00. The highest BCUT2D eigenvalue weighted by Gasteiger charge is 2.25. The Kier molecular flexibility index (Phi) is 4.64. The molecule has 0 radical (unpaired) electrons. The fourth-order valence-corrected chi connectivity index (χ4v) is 4.08. The highest BCUT2D eigenvalue weighted by Crippen LogP contribution is 2.40. The van der Waals surface area contributed by atoms with E-state index in [2.05, 4.69) is 22.4 Å². The Morgan fingerprint density at radius 2 is 1.87 bits per heavy atom. The Balaban J connectivity index is 1.46. The lowest BCUT2D eigenvalue weighted by Gasteiger charge is -2.25. The number of H-pyrrole nitrogens is 1. The minimum Gasteiger partial charge on any atom is -0.467 e. The van der Waals surface area contributed by atoms with Gasteiger partial charge in [0.15, 0.2) is 0 Å². The van der Waals surface area contributed by atoms with E-state index < -0.39 is 6.04 Å². The smallest absolute Gasteiger partial charge is 0.328 e. The third-order valence-corrected chi connectivity index (χ3v) is 5.61. The van der Waals surface area contributed by atoms with Crippen LogP contribution in [-0.4, -0.2) is 24.1 Å². The average molecular weight is 398 g/mol. The van der Waals surface area contributed by atoms with Crippen LogP contribution >= 0.6 is 0 Å². The van der Waals surface area contributed by atoms with Gasteiger partial charge in [-0.3, -0.25) is 0 Å². The van der Waals surface area contributed by atoms with Gasteiger partial charge in [-0.1, -0.05) is 42.5 Å². The fourth-order valence-electron chi connectivity index (χ4n) is 4.08. The normalized spacial score (nSPS) is 13.1. The highest BCUT2D eigenvalue weighted by molar-refractivity contribution is 5.86. The summed E-state index contributed by atoms with van der Waals surface area (Å²) < 4.78 is 11.2. The van der Waals surface area contributed by atoms with Gasteiger partial charge in [0.2, 0.25) is 0 Å². The van der Waals surface area contributed by atoms with E-state index in [0.717, 1.165) is 51.2 Å². The van der Waals surface area contributed by atoms with Crippen molar-refractivity contribution in [2.24, 2.45) is 0 Å². The molecule has 1 aromatic heterocycles. The molecular weight excluding hydrogens is 376 g/mol. The van der Waals surface area contributed by atoms with Crippen molar-refractivity contribution in [3.05, 3.63) is 89.6 Å². The Bertz CT molecular complexity index is 1230. The first-order valence-corrected chi connectivity index (χ1v) is 10.00. The molecule has 4 aromatic rings. The van der Waals surface area contributed by atoms with Crippen LogP contribution in [0.2, 0.25) is 0 Å². The van der Waals surface area contributed by atoms with Crippen molar-refractivity contribution >= 4 is 22.6 Å². The van der Waals surface area contributed by atoms with Gasteiger partial charge >= 0.3 is 5.97 Å². The SMILES string of the molecule is COC(=O)[C@H](Cc1c[nH]c2ccccc12)Nc1cccc2c1Cc1ccccc1O2. The van der Waals surface area contributed by atoms with Gasteiger partial charge in [-0.05, 0) is 35.4 Å². The van der Waals surface area contributed by atoms with E-state index in [9.17, 15) is 4.79 Å². The molecule has 1 atom stereocenters. The second-order valence-corrected chi connectivity index (χ2v) is 7.45. The number of anilines is 1. The zero-order chi connectivity index (χ0) is 20.5. The second kappa shape index (κ2) is 7.59. The van der Waals surface area contributed by atoms with Crippen LogP contribution in [0.1, 0.15) is 16.7 Å². The second-order valence-electron chi connectivity index (χ2n) is 7.45. The molecule has 30 heavy (non-hydrogen) atoms. The van der Waals surface area contributed by atoms with Crippen molar-refractivity contribution in [3.63, 3.8) is 0 Å². The van der Waals surface area contributed by atoms with Crippen molar-refractivity contribution in [2.75, 3.05) is 12.4 Å². The summed E-state index contributed by atoms with van der Waals surface area (Å²) in [5.74, 6) is 1.40. The molecule has 0 saturated heterocycles. The number of nitrogens with one attached hydrogen (secondary N) is 2. The monoisotopic (exact) mass is 398 g/mol. The lowest BCUT2D eigenvalue weighted by atomic mass is 9.97. The summed E-state index contributed by atoms with van der Waals surface area (Å²) in [5, 5.41) is 4.53. The summed E-state index contributed by atoms with van der Waals surface area (Å²) in [5.41, 5.74) is 5.19. The van der Waals surface area contributed by atoms with Crippen LogP contribution in [-0.2, 0) is 22.4 Å². The third-order valence-electron chi connectivity index (χ3n) is 5.61. The van der Waals surface area contributed by atoms with Gasteiger partial charge in [-0.2, -0.15) is 0 Å². The topological polar surface area (TPSA) is 63.4 Å². The number of esters is 1. The van der Waals surface area contributed by atoms with Gasteiger partial charge in [0.25, 0.3) is 0 Å². The van der Waals surface area contributed by atoms with Gasteiger partial charge in [-0.25, -0.2) is 4.79 Å². The number of para-hydroxylation sites is 2. The molecule has 0 spiro atoms. The third kappa shape index (κ3) is 3.28. The number of methoxy groups -OCH3 is 1. The molecule has 1 aliphatic rings. The molecule has 2 heterocycles. The van der Waals surface area contributed by atoms with Gasteiger partial charge in [-0.15, -0.1) is 0 Å². The van der Waals surface area contributed by atoms with Crippen LogP contribution in [0, 0.1) is 0 Å². The molecule has 5 nitrogen and oxygen atoms in total. The number of carbonyl (C=O) groups is 1. The number of benzene rings is 3. The number of hydrogen-bond donors (Lipinski definition) is 2. The van der Waals surface area contributed by atoms with E-state index in [1.54, 1.807) is 0 Å². The molecule has 1 aliphatic heterocycles. The van der Waals surface area contributed by atoms with Crippen molar-refractivity contribution in [1.82, 2.24) is 4.98 Å². The predicted octanol–water partition coefficient (Wildman–Crippen LogP) is 5.06. The minimum atomic E-state index is -0.516. The quantitative estimate of drug-likeness (QED) is 0.406. The summed E-state index contributed by atoms with van der Waals surface area (Å²) in [6.45, 7) is 0. The Hall–Kier alpha value is -3.73. The first kappa shape index (κ1) is 18.3. The van der Waals surface area contributed by atoms with Crippen molar-refractivity contribution in [2.45, 2.75) is 18.9 Å². The Labute approximate surface area is 174 Å². The molecular formula is C25H22N2O3. The maximum absolute atomic E-state index is 12.6.